The van der Waals surface area contributed by atoms with Crippen molar-refractivity contribution in [2.75, 3.05) is 17.2 Å². The molecule has 0 saturated heterocycles. The lowest BCUT2D eigenvalue weighted by Gasteiger charge is -2.12. The van der Waals surface area contributed by atoms with E-state index in [1.807, 2.05) is 6.92 Å². The van der Waals surface area contributed by atoms with E-state index in [0.29, 0.717) is 23.4 Å². The number of benzene rings is 1. The van der Waals surface area contributed by atoms with Crippen molar-refractivity contribution in [3.8, 4) is 0 Å². The second-order valence-corrected chi connectivity index (χ2v) is 4.34. The highest BCUT2D eigenvalue weighted by Gasteiger charge is 2.14. The van der Waals surface area contributed by atoms with Crippen LogP contribution in [0.1, 0.15) is 22.8 Å². The molecule has 0 fully saturated rings. The molecule has 1 amide bonds. The van der Waals surface area contributed by atoms with Crippen LogP contribution >= 0.6 is 0 Å². The SMILES string of the molecule is CCNc1cnccc1C(=O)Nc1c(C)cccc1F. The Balaban J connectivity index is 2.29. The fourth-order valence-corrected chi connectivity index (χ4v) is 1.89. The maximum atomic E-state index is 13.7. The molecule has 2 N–H and O–H groups in total. The highest BCUT2D eigenvalue weighted by Crippen LogP contribution is 2.21. The van der Waals surface area contributed by atoms with Gasteiger partial charge in [-0.25, -0.2) is 4.39 Å². The van der Waals surface area contributed by atoms with Gasteiger partial charge in [0.2, 0.25) is 0 Å². The Morgan fingerprint density at radius 3 is 2.85 bits per heavy atom. The monoisotopic (exact) mass is 273 g/mol. The van der Waals surface area contributed by atoms with Crippen molar-refractivity contribution < 1.29 is 9.18 Å². The molecule has 104 valence electrons. The Hall–Kier alpha value is -2.43. The first-order valence-electron chi connectivity index (χ1n) is 6.37. The summed E-state index contributed by atoms with van der Waals surface area (Å²) in [6.45, 7) is 4.34. The van der Waals surface area contributed by atoms with Gasteiger partial charge in [-0.1, -0.05) is 12.1 Å². The third-order valence-electron chi connectivity index (χ3n) is 2.89. The van der Waals surface area contributed by atoms with Gasteiger partial charge in [-0.15, -0.1) is 0 Å². The number of carbonyl (C=O) groups excluding carboxylic acids is 1. The summed E-state index contributed by atoms with van der Waals surface area (Å²) in [5.41, 5.74) is 1.94. The maximum Gasteiger partial charge on any atom is 0.257 e. The summed E-state index contributed by atoms with van der Waals surface area (Å²) in [6, 6.07) is 6.27. The summed E-state index contributed by atoms with van der Waals surface area (Å²) in [5.74, 6) is -0.811. The van der Waals surface area contributed by atoms with Crippen LogP contribution in [0, 0.1) is 12.7 Å². The second kappa shape index (κ2) is 6.14. The highest BCUT2D eigenvalue weighted by atomic mass is 19.1. The van der Waals surface area contributed by atoms with Crippen LogP contribution in [-0.4, -0.2) is 17.4 Å². The summed E-state index contributed by atoms with van der Waals surface area (Å²) in [7, 11) is 0. The van der Waals surface area contributed by atoms with Crippen LogP contribution in [0.5, 0.6) is 0 Å². The zero-order valence-corrected chi connectivity index (χ0v) is 11.4. The van der Waals surface area contributed by atoms with Gasteiger partial charge in [0.25, 0.3) is 5.91 Å². The number of aryl methyl sites for hydroxylation is 1. The molecule has 0 aliphatic rings. The van der Waals surface area contributed by atoms with Crippen molar-refractivity contribution in [3.05, 3.63) is 53.6 Å². The molecule has 0 aliphatic heterocycles. The van der Waals surface area contributed by atoms with E-state index in [4.69, 9.17) is 0 Å². The first-order valence-corrected chi connectivity index (χ1v) is 6.37. The molecule has 4 nitrogen and oxygen atoms in total. The summed E-state index contributed by atoms with van der Waals surface area (Å²) in [4.78, 5) is 16.2. The fourth-order valence-electron chi connectivity index (χ4n) is 1.89. The van der Waals surface area contributed by atoms with E-state index in [0.717, 1.165) is 0 Å². The summed E-state index contributed by atoms with van der Waals surface area (Å²) in [5, 5.41) is 5.67. The lowest BCUT2D eigenvalue weighted by molar-refractivity contribution is 0.102. The van der Waals surface area contributed by atoms with Gasteiger partial charge in [-0.3, -0.25) is 9.78 Å². The van der Waals surface area contributed by atoms with E-state index in [-0.39, 0.29) is 11.6 Å². The van der Waals surface area contributed by atoms with Crippen LogP contribution in [0.2, 0.25) is 0 Å². The van der Waals surface area contributed by atoms with E-state index < -0.39 is 5.82 Å². The number of nitrogens with one attached hydrogen (secondary N) is 2. The molecule has 0 radical (unpaired) electrons. The van der Waals surface area contributed by atoms with Gasteiger partial charge >= 0.3 is 0 Å². The number of nitrogens with zero attached hydrogens (tertiary/aromatic N) is 1. The fraction of sp³-hybridized carbons (Fsp3) is 0.200. The molecule has 0 aliphatic carbocycles. The summed E-state index contributed by atoms with van der Waals surface area (Å²) in [6.07, 6.45) is 3.11. The zero-order chi connectivity index (χ0) is 14.5. The van der Waals surface area contributed by atoms with E-state index >= 15 is 0 Å². The van der Waals surface area contributed by atoms with Gasteiger partial charge in [0.05, 0.1) is 23.1 Å². The first-order chi connectivity index (χ1) is 9.63. The molecular formula is C15H16FN3O. The Morgan fingerprint density at radius 2 is 2.15 bits per heavy atom. The number of pyridine rings is 1. The maximum absolute atomic E-state index is 13.7. The van der Waals surface area contributed by atoms with E-state index in [2.05, 4.69) is 15.6 Å². The standard InChI is InChI=1S/C15H16FN3O/c1-3-18-13-9-17-8-7-11(13)15(20)19-14-10(2)5-4-6-12(14)16/h4-9,18H,3H2,1-2H3,(H,19,20). The van der Waals surface area contributed by atoms with Crippen LogP contribution in [0.3, 0.4) is 0 Å². The number of hydrogen-bond acceptors (Lipinski definition) is 3. The van der Waals surface area contributed by atoms with Crippen LogP contribution in [0.4, 0.5) is 15.8 Å². The number of amides is 1. The Kier molecular flexibility index (Phi) is 4.30. The van der Waals surface area contributed by atoms with Gasteiger partial charge < -0.3 is 10.6 Å². The van der Waals surface area contributed by atoms with Crippen LogP contribution < -0.4 is 10.6 Å². The molecule has 1 aromatic heterocycles. The minimum absolute atomic E-state index is 0.205. The minimum atomic E-state index is -0.447. The average Bonchev–Trinajstić information content (AvgIpc) is 2.44. The van der Waals surface area contributed by atoms with Crippen LogP contribution in [-0.2, 0) is 0 Å². The summed E-state index contributed by atoms with van der Waals surface area (Å²) >= 11 is 0. The smallest absolute Gasteiger partial charge is 0.257 e. The van der Waals surface area contributed by atoms with Crippen LogP contribution in [0.25, 0.3) is 0 Å². The van der Waals surface area contributed by atoms with Crippen molar-refractivity contribution in [2.24, 2.45) is 0 Å². The van der Waals surface area contributed by atoms with Crippen molar-refractivity contribution in [1.29, 1.82) is 0 Å². The van der Waals surface area contributed by atoms with Gasteiger partial charge in [0.1, 0.15) is 5.82 Å². The van der Waals surface area contributed by atoms with Crippen molar-refractivity contribution >= 4 is 17.3 Å². The third-order valence-corrected chi connectivity index (χ3v) is 2.89. The molecule has 1 heterocycles. The van der Waals surface area contributed by atoms with Gasteiger partial charge in [0.15, 0.2) is 0 Å². The number of para-hydroxylation sites is 1. The molecule has 2 rings (SSSR count). The number of aromatic nitrogens is 1. The molecule has 5 heteroatoms. The molecule has 0 spiro atoms. The molecule has 20 heavy (non-hydrogen) atoms. The van der Waals surface area contributed by atoms with Crippen molar-refractivity contribution in [1.82, 2.24) is 4.98 Å². The zero-order valence-electron chi connectivity index (χ0n) is 11.4. The van der Waals surface area contributed by atoms with E-state index in [1.54, 1.807) is 31.3 Å². The van der Waals surface area contributed by atoms with Crippen molar-refractivity contribution in [3.63, 3.8) is 0 Å². The second-order valence-electron chi connectivity index (χ2n) is 4.34. The number of carbonyl (C=O) groups is 1. The molecule has 0 bridgehead atoms. The third kappa shape index (κ3) is 2.93. The molecule has 0 atom stereocenters. The highest BCUT2D eigenvalue weighted by molar-refractivity contribution is 6.08. The lowest BCUT2D eigenvalue weighted by atomic mass is 10.1. The van der Waals surface area contributed by atoms with Crippen molar-refractivity contribution in [2.45, 2.75) is 13.8 Å². The number of anilines is 2. The quantitative estimate of drug-likeness (QED) is 0.899. The van der Waals surface area contributed by atoms with E-state index in [1.165, 1.54) is 12.3 Å². The molecule has 0 unspecified atom stereocenters. The van der Waals surface area contributed by atoms with Gasteiger partial charge in [0, 0.05) is 12.7 Å². The number of halogens is 1. The summed E-state index contributed by atoms with van der Waals surface area (Å²) < 4.78 is 13.7. The predicted octanol–water partition coefficient (Wildman–Crippen LogP) is 3.21. The first kappa shape index (κ1) is 14.0. The topological polar surface area (TPSA) is 54.0 Å². The number of hydrogen-bond donors (Lipinski definition) is 2. The molecular weight excluding hydrogens is 257 g/mol. The average molecular weight is 273 g/mol. The Labute approximate surface area is 117 Å². The Morgan fingerprint density at radius 1 is 1.35 bits per heavy atom. The minimum Gasteiger partial charge on any atom is -0.383 e. The Bertz CT molecular complexity index is 608. The predicted molar refractivity (Wildman–Crippen MR) is 77.5 cm³/mol. The van der Waals surface area contributed by atoms with Crippen LogP contribution in [0.15, 0.2) is 36.7 Å². The normalized spacial score (nSPS) is 10.2. The van der Waals surface area contributed by atoms with Gasteiger partial charge in [-0.2, -0.15) is 0 Å². The molecule has 2 aromatic rings. The largest absolute Gasteiger partial charge is 0.383 e. The molecule has 1 aromatic carbocycles. The van der Waals surface area contributed by atoms with E-state index in [9.17, 15) is 9.18 Å². The molecule has 0 saturated carbocycles. The van der Waals surface area contributed by atoms with Gasteiger partial charge in [-0.05, 0) is 31.5 Å². The number of rotatable bonds is 4. The lowest BCUT2D eigenvalue weighted by Crippen LogP contribution is -2.16.